The van der Waals surface area contributed by atoms with Crippen molar-refractivity contribution in [1.29, 1.82) is 5.26 Å². The summed E-state index contributed by atoms with van der Waals surface area (Å²) in [5, 5.41) is 12.6. The molecule has 2 nitrogen and oxygen atoms in total. The van der Waals surface area contributed by atoms with Crippen LogP contribution < -0.4 is 5.32 Å². The summed E-state index contributed by atoms with van der Waals surface area (Å²) in [7, 11) is 0. The van der Waals surface area contributed by atoms with Crippen molar-refractivity contribution in [3.63, 3.8) is 0 Å². The molecular formula is C17H24N2. The van der Waals surface area contributed by atoms with E-state index in [1.165, 1.54) is 18.4 Å². The molecule has 0 aromatic heterocycles. The summed E-state index contributed by atoms with van der Waals surface area (Å²) in [6, 6.07) is 13.8. The van der Waals surface area contributed by atoms with Crippen molar-refractivity contribution in [2.24, 2.45) is 5.41 Å². The molecule has 19 heavy (non-hydrogen) atoms. The molecule has 0 aliphatic heterocycles. The fraction of sp³-hybridized carbons (Fsp3) is 0.588. The van der Waals surface area contributed by atoms with E-state index in [0.29, 0.717) is 6.04 Å². The lowest BCUT2D eigenvalue weighted by atomic mass is 9.89. The Morgan fingerprint density at radius 3 is 2.68 bits per heavy atom. The maximum atomic E-state index is 8.94. The molecule has 2 heteroatoms. The van der Waals surface area contributed by atoms with Crippen LogP contribution in [0.1, 0.15) is 51.0 Å². The van der Waals surface area contributed by atoms with Crippen LogP contribution in [0.25, 0.3) is 0 Å². The van der Waals surface area contributed by atoms with Gasteiger partial charge < -0.3 is 5.32 Å². The van der Waals surface area contributed by atoms with Gasteiger partial charge in [0.1, 0.15) is 0 Å². The third-order valence-electron chi connectivity index (χ3n) is 3.96. The van der Waals surface area contributed by atoms with Gasteiger partial charge in [0.15, 0.2) is 0 Å². The molecule has 1 saturated carbocycles. The van der Waals surface area contributed by atoms with Crippen molar-refractivity contribution >= 4 is 0 Å². The Labute approximate surface area is 116 Å². The zero-order chi connectivity index (χ0) is 13.7. The largest absolute Gasteiger partial charge is 0.313 e. The number of nitrogens with one attached hydrogen (secondary N) is 1. The molecule has 1 N–H and O–H groups in total. The smallest absolute Gasteiger partial charge is 0.0683 e. The minimum absolute atomic E-state index is 0.161. The van der Waals surface area contributed by atoms with Gasteiger partial charge in [-0.25, -0.2) is 0 Å². The van der Waals surface area contributed by atoms with Gasteiger partial charge in [-0.1, -0.05) is 36.8 Å². The highest BCUT2D eigenvalue weighted by molar-refractivity contribution is 5.27. The van der Waals surface area contributed by atoms with Gasteiger partial charge >= 0.3 is 0 Å². The Hall–Kier alpha value is -1.33. The van der Waals surface area contributed by atoms with Gasteiger partial charge in [0.2, 0.25) is 0 Å². The second kappa shape index (κ2) is 6.21. The van der Waals surface area contributed by atoms with Crippen molar-refractivity contribution in [3.05, 3.63) is 35.9 Å². The average molecular weight is 256 g/mol. The SMILES string of the molecule is CC(C)(C#N)CCCCNC1CC1c1ccccc1. The van der Waals surface area contributed by atoms with Crippen LogP contribution >= 0.6 is 0 Å². The highest BCUT2D eigenvalue weighted by atomic mass is 15.0. The predicted molar refractivity (Wildman–Crippen MR) is 78.8 cm³/mol. The van der Waals surface area contributed by atoms with Crippen molar-refractivity contribution in [1.82, 2.24) is 5.32 Å². The molecule has 0 heterocycles. The van der Waals surface area contributed by atoms with Crippen molar-refractivity contribution in [2.75, 3.05) is 6.54 Å². The van der Waals surface area contributed by atoms with Gasteiger partial charge in [-0.2, -0.15) is 5.26 Å². The summed E-state index contributed by atoms with van der Waals surface area (Å²) >= 11 is 0. The van der Waals surface area contributed by atoms with E-state index in [0.717, 1.165) is 25.3 Å². The molecule has 0 spiro atoms. The monoisotopic (exact) mass is 256 g/mol. The maximum absolute atomic E-state index is 8.94. The molecule has 1 aromatic carbocycles. The lowest BCUT2D eigenvalue weighted by molar-refractivity contribution is 0.422. The second-order valence-corrected chi connectivity index (χ2v) is 6.27. The Morgan fingerprint density at radius 2 is 2.00 bits per heavy atom. The highest BCUT2D eigenvalue weighted by Gasteiger charge is 2.37. The molecule has 1 aromatic rings. The van der Waals surface area contributed by atoms with E-state index < -0.39 is 0 Å². The number of benzene rings is 1. The zero-order valence-electron chi connectivity index (χ0n) is 12.0. The third kappa shape index (κ3) is 4.36. The number of nitriles is 1. The van der Waals surface area contributed by atoms with Gasteiger partial charge in [-0.15, -0.1) is 0 Å². The van der Waals surface area contributed by atoms with Crippen LogP contribution in [0.3, 0.4) is 0 Å². The lowest BCUT2D eigenvalue weighted by Gasteiger charge is -2.14. The van der Waals surface area contributed by atoms with Crippen LogP contribution in [0.4, 0.5) is 0 Å². The molecule has 0 radical (unpaired) electrons. The van der Waals surface area contributed by atoms with Crippen LogP contribution in [0.15, 0.2) is 30.3 Å². The van der Waals surface area contributed by atoms with Crippen LogP contribution in [0.5, 0.6) is 0 Å². The first-order valence-corrected chi connectivity index (χ1v) is 7.32. The van der Waals surface area contributed by atoms with Gasteiger partial charge in [-0.3, -0.25) is 0 Å². The summed E-state index contributed by atoms with van der Waals surface area (Å²) in [4.78, 5) is 0. The summed E-state index contributed by atoms with van der Waals surface area (Å²) in [6.45, 7) is 5.12. The normalized spacial score (nSPS) is 21.9. The summed E-state index contributed by atoms with van der Waals surface area (Å²) in [5.41, 5.74) is 1.30. The van der Waals surface area contributed by atoms with Crippen LogP contribution in [-0.4, -0.2) is 12.6 Å². The van der Waals surface area contributed by atoms with Crippen molar-refractivity contribution < 1.29 is 0 Å². The highest BCUT2D eigenvalue weighted by Crippen LogP contribution is 2.40. The first-order chi connectivity index (χ1) is 9.12. The van der Waals surface area contributed by atoms with E-state index in [2.05, 4.69) is 41.7 Å². The fourth-order valence-corrected chi connectivity index (χ4v) is 2.52. The number of hydrogen-bond acceptors (Lipinski definition) is 2. The summed E-state index contributed by atoms with van der Waals surface area (Å²) in [6.07, 6.45) is 4.57. The molecule has 1 fully saturated rings. The molecule has 2 atom stereocenters. The number of hydrogen-bond donors (Lipinski definition) is 1. The number of rotatable bonds is 7. The molecule has 2 unspecified atom stereocenters. The average Bonchev–Trinajstić information content (AvgIpc) is 3.19. The molecule has 2 rings (SSSR count). The van der Waals surface area contributed by atoms with E-state index in [-0.39, 0.29) is 5.41 Å². The fourth-order valence-electron chi connectivity index (χ4n) is 2.52. The van der Waals surface area contributed by atoms with Crippen LogP contribution in [0.2, 0.25) is 0 Å². The molecular weight excluding hydrogens is 232 g/mol. The Morgan fingerprint density at radius 1 is 1.26 bits per heavy atom. The Kier molecular flexibility index (Phi) is 4.61. The molecule has 1 aliphatic rings. The van der Waals surface area contributed by atoms with E-state index >= 15 is 0 Å². The first kappa shape index (κ1) is 14.1. The Balaban J connectivity index is 1.58. The summed E-state index contributed by atoms with van der Waals surface area (Å²) in [5.74, 6) is 0.719. The van der Waals surface area contributed by atoms with E-state index in [1.54, 1.807) is 0 Å². The molecule has 102 valence electrons. The van der Waals surface area contributed by atoms with E-state index in [9.17, 15) is 0 Å². The van der Waals surface area contributed by atoms with Crippen LogP contribution in [0, 0.1) is 16.7 Å². The van der Waals surface area contributed by atoms with Gasteiger partial charge in [-0.05, 0) is 45.2 Å². The Bertz CT molecular complexity index is 430. The van der Waals surface area contributed by atoms with Crippen LogP contribution in [-0.2, 0) is 0 Å². The van der Waals surface area contributed by atoms with Crippen molar-refractivity contribution in [3.8, 4) is 6.07 Å². The summed E-state index contributed by atoms with van der Waals surface area (Å²) < 4.78 is 0. The second-order valence-electron chi connectivity index (χ2n) is 6.27. The number of nitrogens with zero attached hydrogens (tertiary/aromatic N) is 1. The standard InChI is InChI=1S/C17H24N2/c1-17(2,13-18)10-6-7-11-19-16-12-15(16)14-8-4-3-5-9-14/h3-5,8-9,15-16,19H,6-7,10-12H2,1-2H3. The minimum atomic E-state index is -0.161. The van der Waals surface area contributed by atoms with E-state index in [4.69, 9.17) is 5.26 Å². The van der Waals surface area contributed by atoms with Gasteiger partial charge in [0.25, 0.3) is 0 Å². The minimum Gasteiger partial charge on any atom is -0.313 e. The van der Waals surface area contributed by atoms with Crippen molar-refractivity contribution in [2.45, 2.75) is 51.5 Å². The first-order valence-electron chi connectivity index (χ1n) is 7.32. The van der Waals surface area contributed by atoms with E-state index in [1.807, 2.05) is 13.8 Å². The lowest BCUT2D eigenvalue weighted by Crippen LogP contribution is -2.19. The molecule has 1 aliphatic carbocycles. The quantitative estimate of drug-likeness (QED) is 0.752. The predicted octanol–water partition coefficient (Wildman–Crippen LogP) is 3.85. The molecule has 0 saturated heterocycles. The maximum Gasteiger partial charge on any atom is 0.0683 e. The molecule has 0 bridgehead atoms. The number of unbranched alkanes of at least 4 members (excludes halogenated alkanes) is 1. The van der Waals surface area contributed by atoms with Gasteiger partial charge in [0.05, 0.1) is 11.5 Å². The molecule has 0 amide bonds. The third-order valence-corrected chi connectivity index (χ3v) is 3.96. The van der Waals surface area contributed by atoms with Gasteiger partial charge in [0, 0.05) is 12.0 Å². The zero-order valence-corrected chi connectivity index (χ0v) is 12.0. The topological polar surface area (TPSA) is 35.8 Å².